The third-order valence-corrected chi connectivity index (χ3v) is 7.23. The quantitative estimate of drug-likeness (QED) is 0.659. The van der Waals surface area contributed by atoms with Crippen molar-refractivity contribution in [2.45, 2.75) is 49.4 Å². The predicted octanol–water partition coefficient (Wildman–Crippen LogP) is 3.09. The second-order valence-electron chi connectivity index (χ2n) is 8.65. The molecule has 30 heavy (non-hydrogen) atoms. The molecule has 1 atom stereocenters. The van der Waals surface area contributed by atoms with Crippen LogP contribution in [-0.4, -0.2) is 40.5 Å². The SMILES string of the molecule is O=C1N=C(N2CCC3(CC2)OCc2ccccc23)OC12Cc1cnc(CCl)cc1C2. The first kappa shape index (κ1) is 18.3. The number of piperidine rings is 1. The lowest BCUT2D eigenvalue weighted by atomic mass is 9.84. The Labute approximate surface area is 179 Å². The molecule has 1 aromatic heterocycles. The summed E-state index contributed by atoms with van der Waals surface area (Å²) in [6, 6.07) is 10.9. The number of amidine groups is 1. The van der Waals surface area contributed by atoms with Gasteiger partial charge in [0.15, 0.2) is 0 Å². The number of likely N-dealkylation sites (tertiary alicyclic amines) is 1. The lowest BCUT2D eigenvalue weighted by molar-refractivity contribution is -0.130. The fourth-order valence-electron chi connectivity index (χ4n) is 5.30. The van der Waals surface area contributed by atoms with Crippen LogP contribution in [0, 0.1) is 0 Å². The molecule has 0 saturated carbocycles. The molecule has 4 heterocycles. The molecule has 2 spiro atoms. The zero-order valence-corrected chi connectivity index (χ0v) is 17.3. The van der Waals surface area contributed by atoms with Crippen molar-refractivity contribution in [3.63, 3.8) is 0 Å². The number of carbonyl (C=O) groups is 1. The Morgan fingerprint density at radius 3 is 2.70 bits per heavy atom. The molecule has 0 radical (unpaired) electrons. The molecule has 3 aliphatic heterocycles. The van der Waals surface area contributed by atoms with E-state index in [1.165, 1.54) is 11.1 Å². The highest BCUT2D eigenvalue weighted by Gasteiger charge is 2.53. The molecule has 1 saturated heterocycles. The van der Waals surface area contributed by atoms with E-state index in [4.69, 9.17) is 21.1 Å². The number of aromatic nitrogens is 1. The van der Waals surface area contributed by atoms with E-state index in [1.54, 1.807) is 0 Å². The molecule has 6 nitrogen and oxygen atoms in total. The number of fused-ring (bicyclic) bond motifs is 3. The Kier molecular flexibility index (Phi) is 3.99. The average Bonchev–Trinajstić information content (AvgIpc) is 3.42. The summed E-state index contributed by atoms with van der Waals surface area (Å²) in [6.45, 7) is 2.18. The standard InChI is InChI=1S/C23H22ClN3O3/c24-12-18-9-16-10-23(11-17(16)13-25-18)20(28)26-21(30-23)27-7-5-22(6-8-27)19-4-2-1-3-15(19)14-29-22/h1-4,9,13H,5-8,10-12,14H2. The van der Waals surface area contributed by atoms with Gasteiger partial charge in [-0.25, -0.2) is 0 Å². The van der Waals surface area contributed by atoms with Crippen LogP contribution in [0.15, 0.2) is 41.5 Å². The number of nitrogens with zero attached hydrogens (tertiary/aromatic N) is 3. The highest BCUT2D eigenvalue weighted by Crippen LogP contribution is 2.45. The Morgan fingerprint density at radius 2 is 1.87 bits per heavy atom. The van der Waals surface area contributed by atoms with E-state index in [0.717, 1.165) is 42.8 Å². The van der Waals surface area contributed by atoms with E-state index in [2.05, 4.69) is 39.1 Å². The molecule has 1 unspecified atom stereocenters. The maximum absolute atomic E-state index is 12.9. The van der Waals surface area contributed by atoms with E-state index in [0.29, 0.717) is 31.4 Å². The van der Waals surface area contributed by atoms with Crippen LogP contribution in [0.3, 0.4) is 0 Å². The van der Waals surface area contributed by atoms with Gasteiger partial charge >= 0.3 is 0 Å². The first-order valence-electron chi connectivity index (χ1n) is 10.4. The number of rotatable bonds is 1. The summed E-state index contributed by atoms with van der Waals surface area (Å²) < 4.78 is 12.5. The normalized spacial score (nSPS) is 26.1. The third-order valence-electron chi connectivity index (χ3n) is 6.96. The van der Waals surface area contributed by atoms with Gasteiger partial charge < -0.3 is 14.4 Å². The van der Waals surface area contributed by atoms with E-state index in [-0.39, 0.29) is 11.5 Å². The molecule has 154 valence electrons. The van der Waals surface area contributed by atoms with Gasteiger partial charge in [-0.15, -0.1) is 11.6 Å². The second-order valence-corrected chi connectivity index (χ2v) is 8.92. The number of alkyl halides is 1. The zero-order valence-electron chi connectivity index (χ0n) is 16.6. The van der Waals surface area contributed by atoms with E-state index in [1.807, 2.05) is 12.3 Å². The van der Waals surface area contributed by atoms with E-state index in [9.17, 15) is 4.79 Å². The van der Waals surface area contributed by atoms with Crippen molar-refractivity contribution in [2.75, 3.05) is 13.1 Å². The number of ether oxygens (including phenoxy) is 2. The van der Waals surface area contributed by atoms with Gasteiger partial charge in [-0.2, -0.15) is 4.99 Å². The fraction of sp³-hybridized carbons (Fsp3) is 0.435. The predicted molar refractivity (Wildman–Crippen MR) is 111 cm³/mol. The molecule has 1 aromatic carbocycles. The molecule has 0 bridgehead atoms. The summed E-state index contributed by atoms with van der Waals surface area (Å²) in [5, 5.41) is 0. The minimum atomic E-state index is -0.921. The summed E-state index contributed by atoms with van der Waals surface area (Å²) in [6.07, 6.45) is 4.57. The minimum Gasteiger partial charge on any atom is -0.447 e. The van der Waals surface area contributed by atoms with Crippen LogP contribution in [0.1, 0.15) is 40.8 Å². The molecule has 1 amide bonds. The Balaban J connectivity index is 1.18. The molecular formula is C23H22ClN3O3. The summed E-state index contributed by atoms with van der Waals surface area (Å²) in [5.74, 6) is 0.168. The Bertz CT molecular complexity index is 1080. The maximum Gasteiger partial charge on any atom is 0.296 e. The lowest BCUT2D eigenvalue weighted by Crippen LogP contribution is -2.47. The van der Waals surface area contributed by atoms with Crippen LogP contribution >= 0.6 is 11.6 Å². The Hall–Kier alpha value is -2.44. The number of aliphatic imine (C=N–C) groups is 1. The number of carbonyl (C=O) groups excluding carboxylic acids is 1. The van der Waals surface area contributed by atoms with Crippen LogP contribution in [0.25, 0.3) is 0 Å². The van der Waals surface area contributed by atoms with Gasteiger partial charge in [0.05, 0.1) is 23.8 Å². The van der Waals surface area contributed by atoms with Gasteiger partial charge in [0, 0.05) is 32.1 Å². The van der Waals surface area contributed by atoms with Crippen molar-refractivity contribution in [1.82, 2.24) is 9.88 Å². The van der Waals surface area contributed by atoms with Crippen LogP contribution in [0.4, 0.5) is 0 Å². The minimum absolute atomic E-state index is 0.191. The molecule has 7 heteroatoms. The number of benzene rings is 1. The third kappa shape index (κ3) is 2.63. The molecule has 2 aromatic rings. The van der Waals surface area contributed by atoms with Crippen molar-refractivity contribution in [1.29, 1.82) is 0 Å². The van der Waals surface area contributed by atoms with Gasteiger partial charge in [0.1, 0.15) is 0 Å². The molecule has 1 fully saturated rings. The van der Waals surface area contributed by atoms with Gasteiger partial charge in [0.2, 0.25) is 5.60 Å². The van der Waals surface area contributed by atoms with Crippen LogP contribution in [0.2, 0.25) is 0 Å². The number of pyridine rings is 1. The van der Waals surface area contributed by atoms with E-state index >= 15 is 0 Å². The molecule has 1 aliphatic carbocycles. The summed E-state index contributed by atoms with van der Waals surface area (Å²) >= 11 is 5.92. The first-order valence-corrected chi connectivity index (χ1v) is 11.0. The van der Waals surface area contributed by atoms with Gasteiger partial charge in [0.25, 0.3) is 11.9 Å². The zero-order chi connectivity index (χ0) is 20.3. The smallest absolute Gasteiger partial charge is 0.296 e. The van der Waals surface area contributed by atoms with Crippen LogP contribution < -0.4 is 0 Å². The molecule has 6 rings (SSSR count). The summed E-state index contributed by atoms with van der Waals surface area (Å²) in [4.78, 5) is 23.7. The monoisotopic (exact) mass is 423 g/mol. The molecular weight excluding hydrogens is 402 g/mol. The van der Waals surface area contributed by atoms with Crippen molar-refractivity contribution >= 4 is 23.5 Å². The van der Waals surface area contributed by atoms with Crippen molar-refractivity contribution in [3.05, 3.63) is 64.5 Å². The lowest BCUT2D eigenvalue weighted by Gasteiger charge is -2.39. The van der Waals surface area contributed by atoms with Crippen molar-refractivity contribution in [3.8, 4) is 0 Å². The van der Waals surface area contributed by atoms with Gasteiger partial charge in [-0.1, -0.05) is 24.3 Å². The maximum atomic E-state index is 12.9. The van der Waals surface area contributed by atoms with Crippen molar-refractivity contribution in [2.24, 2.45) is 4.99 Å². The van der Waals surface area contributed by atoms with Crippen LogP contribution in [-0.2, 0) is 45.2 Å². The Morgan fingerprint density at radius 1 is 1.07 bits per heavy atom. The number of hydrogen-bond donors (Lipinski definition) is 0. The number of amides is 1. The highest BCUT2D eigenvalue weighted by atomic mass is 35.5. The number of halogens is 1. The molecule has 0 N–H and O–H groups in total. The fourth-order valence-corrected chi connectivity index (χ4v) is 5.44. The molecule has 4 aliphatic rings. The first-order chi connectivity index (χ1) is 14.6. The summed E-state index contributed by atoms with van der Waals surface area (Å²) in [7, 11) is 0. The number of hydrogen-bond acceptors (Lipinski definition) is 5. The van der Waals surface area contributed by atoms with Gasteiger partial charge in [-0.3, -0.25) is 9.78 Å². The largest absolute Gasteiger partial charge is 0.447 e. The second kappa shape index (κ2) is 6.53. The highest BCUT2D eigenvalue weighted by molar-refractivity contribution is 6.16. The van der Waals surface area contributed by atoms with Crippen molar-refractivity contribution < 1.29 is 14.3 Å². The van der Waals surface area contributed by atoms with E-state index < -0.39 is 5.60 Å². The van der Waals surface area contributed by atoms with Crippen LogP contribution in [0.5, 0.6) is 0 Å². The van der Waals surface area contributed by atoms with Gasteiger partial charge in [-0.05, 0) is 41.2 Å². The summed E-state index contributed by atoms with van der Waals surface area (Å²) in [5.41, 5.74) is 4.39. The topological polar surface area (TPSA) is 64.0 Å². The average molecular weight is 424 g/mol.